The van der Waals surface area contributed by atoms with Gasteiger partial charge in [-0.3, -0.25) is 0 Å². The van der Waals surface area contributed by atoms with E-state index < -0.39 is 17.7 Å². The van der Waals surface area contributed by atoms with Crippen LogP contribution in [0.3, 0.4) is 0 Å². The Balaban J connectivity index is 2.34. The number of carboxylic acid groups (broad SMARTS) is 1. The van der Waals surface area contributed by atoms with E-state index in [9.17, 15) is 18.0 Å². The number of para-hydroxylation sites is 1. The summed E-state index contributed by atoms with van der Waals surface area (Å²) in [5.74, 6) is -1.34. The molecule has 0 aliphatic heterocycles. The van der Waals surface area contributed by atoms with Crippen molar-refractivity contribution < 1.29 is 27.6 Å². The second kappa shape index (κ2) is 4.62. The molecule has 0 unspecified atom stereocenters. The second-order valence-electron chi connectivity index (χ2n) is 4.73. The fourth-order valence-corrected chi connectivity index (χ4v) is 2.46. The predicted octanol–water partition coefficient (Wildman–Crippen LogP) is 3.55. The Kier molecular flexibility index (Phi) is 2.98. The van der Waals surface area contributed by atoms with Crippen LogP contribution in [0.1, 0.15) is 15.9 Å². The number of hydrogen-bond acceptors (Lipinski definition) is 3. The highest BCUT2D eigenvalue weighted by Crippen LogP contribution is 2.39. The zero-order valence-corrected chi connectivity index (χ0v) is 11.2. The lowest BCUT2D eigenvalue weighted by atomic mass is 10.1. The molecule has 3 rings (SSSR count). The molecule has 2 aromatic heterocycles. The molecule has 5 nitrogen and oxygen atoms in total. The Morgan fingerprint density at radius 3 is 2.73 bits per heavy atom. The fraction of sp³-hybridized carbons (Fsp3) is 0.143. The highest BCUT2D eigenvalue weighted by Gasteiger charge is 2.34. The number of nitrogens with zero attached hydrogens (tertiary/aromatic N) is 2. The van der Waals surface area contributed by atoms with Gasteiger partial charge in [0.25, 0.3) is 0 Å². The third-order valence-corrected chi connectivity index (χ3v) is 3.35. The van der Waals surface area contributed by atoms with E-state index in [-0.39, 0.29) is 27.8 Å². The predicted molar refractivity (Wildman–Crippen MR) is 70.4 cm³/mol. The van der Waals surface area contributed by atoms with Gasteiger partial charge in [-0.25, -0.2) is 4.79 Å². The van der Waals surface area contributed by atoms with Crippen LogP contribution in [0.5, 0.6) is 0 Å². The van der Waals surface area contributed by atoms with Crippen molar-refractivity contribution in [3.8, 4) is 11.3 Å². The summed E-state index contributed by atoms with van der Waals surface area (Å²) in [6, 6.07) is 3.73. The van der Waals surface area contributed by atoms with Crippen LogP contribution in [0, 0.1) is 0 Å². The lowest BCUT2D eigenvalue weighted by Gasteiger charge is -2.09. The maximum Gasteiger partial charge on any atom is 0.418 e. The number of aryl methyl sites for hydroxylation is 1. The zero-order valence-electron chi connectivity index (χ0n) is 11.2. The maximum absolute atomic E-state index is 13.1. The minimum Gasteiger partial charge on any atom is -0.477 e. The summed E-state index contributed by atoms with van der Waals surface area (Å²) in [6.07, 6.45) is -2.10. The number of halogens is 3. The molecule has 0 saturated heterocycles. The van der Waals surface area contributed by atoms with E-state index in [2.05, 4.69) is 5.16 Å². The number of alkyl halides is 3. The van der Waals surface area contributed by atoms with Crippen molar-refractivity contribution >= 4 is 16.9 Å². The van der Waals surface area contributed by atoms with E-state index in [0.717, 1.165) is 12.3 Å². The minimum absolute atomic E-state index is 0.0438. The first-order chi connectivity index (χ1) is 10.3. The first-order valence-electron chi connectivity index (χ1n) is 6.14. The summed E-state index contributed by atoms with van der Waals surface area (Å²) < 4.78 is 45.6. The summed E-state index contributed by atoms with van der Waals surface area (Å²) in [5.41, 5.74) is -0.795. The van der Waals surface area contributed by atoms with Crippen molar-refractivity contribution in [2.24, 2.45) is 7.05 Å². The Morgan fingerprint density at radius 1 is 1.36 bits per heavy atom. The smallest absolute Gasteiger partial charge is 0.418 e. The number of fused-ring (bicyclic) bond motifs is 1. The highest BCUT2D eigenvalue weighted by molar-refractivity contribution is 6.02. The van der Waals surface area contributed by atoms with Gasteiger partial charge in [0.15, 0.2) is 5.76 Å². The van der Waals surface area contributed by atoms with Gasteiger partial charge in [-0.2, -0.15) is 13.2 Å². The summed E-state index contributed by atoms with van der Waals surface area (Å²) in [4.78, 5) is 11.1. The molecule has 0 spiro atoms. The molecule has 3 aromatic rings. The maximum atomic E-state index is 13.1. The molecular formula is C14H9F3N2O3. The second-order valence-corrected chi connectivity index (χ2v) is 4.73. The van der Waals surface area contributed by atoms with Gasteiger partial charge in [-0.05, 0) is 6.07 Å². The standard InChI is InChI=1S/C14H9F3N2O3/c1-19-6-9(12-8(13(20)21)5-18-22-12)7-3-2-4-10(11(7)19)14(15,16)17/h2-6H,1H3,(H,20,21). The number of aromatic carboxylic acids is 1. The molecule has 0 amide bonds. The van der Waals surface area contributed by atoms with E-state index in [0.29, 0.717) is 0 Å². The highest BCUT2D eigenvalue weighted by atomic mass is 19.4. The van der Waals surface area contributed by atoms with Crippen molar-refractivity contribution in [3.05, 3.63) is 41.7 Å². The molecule has 114 valence electrons. The normalized spacial score (nSPS) is 12.0. The third kappa shape index (κ3) is 2.03. The van der Waals surface area contributed by atoms with Crippen molar-refractivity contribution in [3.63, 3.8) is 0 Å². The van der Waals surface area contributed by atoms with E-state index in [4.69, 9.17) is 9.63 Å². The van der Waals surface area contributed by atoms with Gasteiger partial charge in [0.05, 0.1) is 17.3 Å². The van der Waals surface area contributed by atoms with Gasteiger partial charge >= 0.3 is 12.1 Å². The van der Waals surface area contributed by atoms with Gasteiger partial charge in [0.1, 0.15) is 5.56 Å². The molecule has 2 heterocycles. The molecule has 0 bridgehead atoms. The zero-order chi connectivity index (χ0) is 16.1. The molecule has 0 saturated carbocycles. The summed E-state index contributed by atoms with van der Waals surface area (Å²) >= 11 is 0. The average molecular weight is 310 g/mol. The molecule has 8 heteroatoms. The molecule has 0 fully saturated rings. The Bertz CT molecular complexity index is 877. The molecular weight excluding hydrogens is 301 g/mol. The molecule has 0 atom stereocenters. The average Bonchev–Trinajstić information content (AvgIpc) is 3.02. The number of carboxylic acids is 1. The van der Waals surface area contributed by atoms with Crippen molar-refractivity contribution in [1.82, 2.24) is 9.72 Å². The van der Waals surface area contributed by atoms with Crippen LogP contribution in [0.15, 0.2) is 35.1 Å². The van der Waals surface area contributed by atoms with Crippen molar-refractivity contribution in [2.45, 2.75) is 6.18 Å². The lowest BCUT2D eigenvalue weighted by molar-refractivity contribution is -0.136. The van der Waals surface area contributed by atoms with Crippen LogP contribution in [0.4, 0.5) is 13.2 Å². The molecule has 1 aromatic carbocycles. The molecule has 0 aliphatic rings. The van der Waals surface area contributed by atoms with Crippen LogP contribution < -0.4 is 0 Å². The first kappa shape index (κ1) is 14.2. The van der Waals surface area contributed by atoms with E-state index >= 15 is 0 Å². The number of hydrogen-bond donors (Lipinski definition) is 1. The van der Waals surface area contributed by atoms with E-state index in [1.165, 1.54) is 29.9 Å². The molecule has 0 radical (unpaired) electrons. The van der Waals surface area contributed by atoms with E-state index in [1.807, 2.05) is 0 Å². The van der Waals surface area contributed by atoms with Gasteiger partial charge in [-0.15, -0.1) is 0 Å². The topological polar surface area (TPSA) is 68.3 Å². The SMILES string of the molecule is Cn1cc(-c2oncc2C(=O)O)c2cccc(C(F)(F)F)c21. The van der Waals surface area contributed by atoms with Crippen LogP contribution >= 0.6 is 0 Å². The minimum atomic E-state index is -4.51. The Hall–Kier alpha value is -2.77. The Labute approximate surface area is 121 Å². The Morgan fingerprint density at radius 2 is 2.09 bits per heavy atom. The number of aromatic nitrogens is 2. The molecule has 0 aliphatic carbocycles. The summed E-state index contributed by atoms with van der Waals surface area (Å²) in [5, 5.41) is 12.8. The first-order valence-corrected chi connectivity index (χ1v) is 6.14. The quantitative estimate of drug-likeness (QED) is 0.786. The van der Waals surface area contributed by atoms with Gasteiger partial charge < -0.3 is 14.2 Å². The van der Waals surface area contributed by atoms with Crippen LogP contribution in [-0.4, -0.2) is 20.8 Å². The van der Waals surface area contributed by atoms with Crippen molar-refractivity contribution in [1.29, 1.82) is 0 Å². The third-order valence-electron chi connectivity index (χ3n) is 3.35. The number of benzene rings is 1. The van der Waals surface area contributed by atoms with Crippen LogP contribution in [-0.2, 0) is 13.2 Å². The van der Waals surface area contributed by atoms with Gasteiger partial charge in [-0.1, -0.05) is 17.3 Å². The lowest BCUT2D eigenvalue weighted by Crippen LogP contribution is -2.07. The van der Waals surface area contributed by atoms with Crippen LogP contribution in [0.25, 0.3) is 22.2 Å². The van der Waals surface area contributed by atoms with Gasteiger partial charge in [0, 0.05) is 24.2 Å². The monoisotopic (exact) mass is 310 g/mol. The van der Waals surface area contributed by atoms with Gasteiger partial charge in [0.2, 0.25) is 0 Å². The largest absolute Gasteiger partial charge is 0.477 e. The van der Waals surface area contributed by atoms with Crippen molar-refractivity contribution in [2.75, 3.05) is 0 Å². The molecule has 1 N–H and O–H groups in total. The van der Waals surface area contributed by atoms with Crippen LogP contribution in [0.2, 0.25) is 0 Å². The number of rotatable bonds is 2. The number of carbonyl (C=O) groups is 1. The molecule has 22 heavy (non-hydrogen) atoms. The fourth-order valence-electron chi connectivity index (χ4n) is 2.46. The summed E-state index contributed by atoms with van der Waals surface area (Å²) in [6.45, 7) is 0. The summed E-state index contributed by atoms with van der Waals surface area (Å²) in [7, 11) is 1.46. The van der Waals surface area contributed by atoms with E-state index in [1.54, 1.807) is 0 Å².